The van der Waals surface area contributed by atoms with Crippen molar-refractivity contribution in [3.8, 4) is 11.5 Å². The van der Waals surface area contributed by atoms with Crippen molar-refractivity contribution >= 4 is 0 Å². The fraction of sp³-hybridized carbons (Fsp3) is 0.455. The van der Waals surface area contributed by atoms with Crippen LogP contribution in [0.2, 0.25) is 0 Å². The average Bonchev–Trinajstić information content (AvgIpc) is 2.28. The Labute approximate surface area is 88.1 Å². The minimum Gasteiger partial charge on any atom is -0.497 e. The summed E-state index contributed by atoms with van der Waals surface area (Å²) in [5.41, 5.74) is 0.750. The van der Waals surface area contributed by atoms with Crippen molar-refractivity contribution in [3.05, 3.63) is 23.8 Å². The van der Waals surface area contributed by atoms with Crippen molar-refractivity contribution in [2.45, 2.75) is 18.6 Å². The predicted molar refractivity (Wildman–Crippen MR) is 54.1 cm³/mol. The molecule has 2 atom stereocenters. The van der Waals surface area contributed by atoms with E-state index in [0.29, 0.717) is 17.9 Å². The van der Waals surface area contributed by atoms with Crippen LogP contribution in [0.3, 0.4) is 0 Å². The third-order valence-electron chi connectivity index (χ3n) is 2.56. The van der Waals surface area contributed by atoms with E-state index in [4.69, 9.17) is 14.6 Å². The molecule has 4 heteroatoms. The minimum absolute atomic E-state index is 0.0896. The molecule has 4 nitrogen and oxygen atoms in total. The minimum atomic E-state index is -0.572. The lowest BCUT2D eigenvalue weighted by atomic mass is 9.99. The summed E-state index contributed by atoms with van der Waals surface area (Å²) in [6.45, 7) is -0.0896. The van der Waals surface area contributed by atoms with Gasteiger partial charge in [-0.05, 0) is 12.1 Å². The van der Waals surface area contributed by atoms with Crippen LogP contribution in [0.1, 0.15) is 18.1 Å². The summed E-state index contributed by atoms with van der Waals surface area (Å²) in [5.74, 6) is 1.27. The Morgan fingerprint density at radius 3 is 3.00 bits per heavy atom. The van der Waals surface area contributed by atoms with Crippen molar-refractivity contribution < 1.29 is 19.7 Å². The molecule has 0 saturated heterocycles. The fourth-order valence-electron chi connectivity index (χ4n) is 1.73. The van der Waals surface area contributed by atoms with E-state index in [9.17, 15) is 5.11 Å². The Morgan fingerprint density at radius 2 is 2.33 bits per heavy atom. The third kappa shape index (κ3) is 1.91. The van der Waals surface area contributed by atoms with Crippen molar-refractivity contribution in [2.24, 2.45) is 0 Å². The molecule has 0 bridgehead atoms. The summed E-state index contributed by atoms with van der Waals surface area (Å²) in [6, 6.07) is 5.29. The van der Waals surface area contributed by atoms with Crippen LogP contribution in [0.25, 0.3) is 0 Å². The molecule has 1 aromatic rings. The number of aliphatic hydroxyl groups is 2. The molecule has 0 fully saturated rings. The molecule has 1 heterocycles. The molecular weight excluding hydrogens is 196 g/mol. The number of rotatable bonds is 2. The lowest BCUT2D eigenvalue weighted by molar-refractivity contribution is 0.0331. The van der Waals surface area contributed by atoms with Crippen LogP contribution in [0.15, 0.2) is 18.2 Å². The number of aliphatic hydroxyl groups excluding tert-OH is 2. The van der Waals surface area contributed by atoms with Crippen molar-refractivity contribution in [1.82, 2.24) is 0 Å². The maximum Gasteiger partial charge on any atom is 0.129 e. The van der Waals surface area contributed by atoms with Gasteiger partial charge in [-0.2, -0.15) is 0 Å². The summed E-state index contributed by atoms with van der Waals surface area (Å²) in [4.78, 5) is 0. The number of methoxy groups -OCH3 is 1. The van der Waals surface area contributed by atoms with E-state index in [1.54, 1.807) is 25.3 Å². The van der Waals surface area contributed by atoms with E-state index in [0.717, 1.165) is 5.56 Å². The number of ether oxygens (including phenoxy) is 2. The van der Waals surface area contributed by atoms with Gasteiger partial charge in [0.15, 0.2) is 0 Å². The van der Waals surface area contributed by atoms with Crippen molar-refractivity contribution in [3.63, 3.8) is 0 Å². The molecule has 0 radical (unpaired) electrons. The molecule has 0 aliphatic carbocycles. The van der Waals surface area contributed by atoms with Crippen LogP contribution < -0.4 is 9.47 Å². The highest BCUT2D eigenvalue weighted by atomic mass is 16.5. The van der Waals surface area contributed by atoms with Gasteiger partial charge in [-0.3, -0.25) is 0 Å². The maximum absolute atomic E-state index is 9.79. The van der Waals surface area contributed by atoms with Gasteiger partial charge >= 0.3 is 0 Å². The monoisotopic (exact) mass is 210 g/mol. The smallest absolute Gasteiger partial charge is 0.129 e. The van der Waals surface area contributed by atoms with Crippen LogP contribution in [0.5, 0.6) is 11.5 Å². The first-order valence-electron chi connectivity index (χ1n) is 4.88. The largest absolute Gasteiger partial charge is 0.497 e. The number of benzene rings is 1. The van der Waals surface area contributed by atoms with E-state index in [-0.39, 0.29) is 12.7 Å². The van der Waals surface area contributed by atoms with Gasteiger partial charge in [0.1, 0.15) is 17.6 Å². The zero-order valence-corrected chi connectivity index (χ0v) is 8.51. The molecule has 2 N–H and O–H groups in total. The lowest BCUT2D eigenvalue weighted by Crippen LogP contribution is -2.28. The van der Waals surface area contributed by atoms with Crippen molar-refractivity contribution in [1.29, 1.82) is 0 Å². The highest BCUT2D eigenvalue weighted by molar-refractivity contribution is 5.43. The molecule has 2 rings (SSSR count). The summed E-state index contributed by atoms with van der Waals surface area (Å²) >= 11 is 0. The normalized spacial score (nSPS) is 24.2. The van der Waals surface area contributed by atoms with Crippen LogP contribution in [-0.4, -0.2) is 30.0 Å². The number of fused-ring (bicyclic) bond motifs is 1. The van der Waals surface area contributed by atoms with Crippen LogP contribution in [0, 0.1) is 0 Å². The molecule has 0 amide bonds. The first-order chi connectivity index (χ1) is 7.24. The quantitative estimate of drug-likeness (QED) is 0.760. The highest BCUT2D eigenvalue weighted by Gasteiger charge is 2.26. The van der Waals surface area contributed by atoms with Crippen LogP contribution in [0.4, 0.5) is 0 Å². The van der Waals surface area contributed by atoms with Crippen molar-refractivity contribution in [2.75, 3.05) is 13.7 Å². The highest BCUT2D eigenvalue weighted by Crippen LogP contribution is 2.36. The van der Waals surface area contributed by atoms with Crippen LogP contribution in [-0.2, 0) is 0 Å². The second-order valence-corrected chi connectivity index (χ2v) is 3.58. The second kappa shape index (κ2) is 4.08. The van der Waals surface area contributed by atoms with Gasteiger partial charge in [-0.25, -0.2) is 0 Å². The molecule has 0 saturated carbocycles. The lowest BCUT2D eigenvalue weighted by Gasteiger charge is -2.28. The maximum atomic E-state index is 9.79. The second-order valence-electron chi connectivity index (χ2n) is 3.58. The Morgan fingerprint density at radius 1 is 1.53 bits per heavy atom. The van der Waals surface area contributed by atoms with Gasteiger partial charge in [-0.1, -0.05) is 0 Å². The molecule has 15 heavy (non-hydrogen) atoms. The summed E-state index contributed by atoms with van der Waals surface area (Å²) < 4.78 is 10.6. The molecule has 0 aromatic heterocycles. The predicted octanol–water partition coefficient (Wildman–Crippen LogP) is 0.872. The standard InChI is InChI=1S/C11H14O4/c1-14-7-2-3-9-10(13)4-8(6-12)15-11(9)5-7/h2-3,5,8,10,12-13H,4,6H2,1H3/t8?,10-/m0/s1. The Hall–Kier alpha value is -1.26. The van der Waals surface area contributed by atoms with Gasteiger partial charge < -0.3 is 19.7 Å². The molecular formula is C11H14O4. The first-order valence-corrected chi connectivity index (χ1v) is 4.88. The van der Waals surface area contributed by atoms with E-state index in [2.05, 4.69) is 0 Å². The Balaban J connectivity index is 2.33. The van der Waals surface area contributed by atoms with Crippen LogP contribution >= 0.6 is 0 Å². The zero-order chi connectivity index (χ0) is 10.8. The van der Waals surface area contributed by atoms with E-state index >= 15 is 0 Å². The molecule has 82 valence electrons. The Bertz CT molecular complexity index is 350. The SMILES string of the molecule is COc1ccc2c(c1)OC(CO)C[C@@H]2O. The molecule has 1 unspecified atom stereocenters. The van der Waals surface area contributed by atoms with Gasteiger partial charge in [0.05, 0.1) is 19.8 Å². The van der Waals surface area contributed by atoms with E-state index in [1.807, 2.05) is 0 Å². The molecule has 0 spiro atoms. The summed E-state index contributed by atoms with van der Waals surface area (Å²) in [7, 11) is 1.57. The Kier molecular flexibility index (Phi) is 2.79. The van der Waals surface area contributed by atoms with E-state index in [1.165, 1.54) is 0 Å². The average molecular weight is 210 g/mol. The summed E-state index contributed by atoms with van der Waals surface area (Å²) in [5, 5.41) is 18.8. The van der Waals surface area contributed by atoms with Gasteiger partial charge in [0, 0.05) is 18.1 Å². The summed E-state index contributed by atoms with van der Waals surface area (Å²) in [6.07, 6.45) is -0.480. The van der Waals surface area contributed by atoms with E-state index < -0.39 is 6.10 Å². The van der Waals surface area contributed by atoms with Gasteiger partial charge in [0.2, 0.25) is 0 Å². The fourth-order valence-corrected chi connectivity index (χ4v) is 1.73. The van der Waals surface area contributed by atoms with Gasteiger partial charge in [0.25, 0.3) is 0 Å². The zero-order valence-electron chi connectivity index (χ0n) is 8.51. The molecule has 1 aromatic carbocycles. The molecule has 1 aliphatic rings. The first kappa shape index (κ1) is 10.3. The number of hydrogen-bond acceptors (Lipinski definition) is 4. The third-order valence-corrected chi connectivity index (χ3v) is 2.56. The van der Waals surface area contributed by atoms with Gasteiger partial charge in [-0.15, -0.1) is 0 Å². The topological polar surface area (TPSA) is 58.9 Å². The number of hydrogen-bond donors (Lipinski definition) is 2. The molecule has 1 aliphatic heterocycles.